The van der Waals surface area contributed by atoms with Gasteiger partial charge in [-0.15, -0.1) is 0 Å². The quantitative estimate of drug-likeness (QED) is 0.579. The van der Waals surface area contributed by atoms with Crippen molar-refractivity contribution in [3.05, 3.63) is 53.6 Å². The van der Waals surface area contributed by atoms with E-state index in [0.717, 1.165) is 5.56 Å². The first kappa shape index (κ1) is 26.8. The number of methoxy groups -OCH3 is 1. The standard InChI is InChI=1S/C29H35N3O7/c1-19(2)14-26(33)31-12-10-29(11-13-31)32(28(35)21-5-7-22(36-3)8-6-21)23(17-39-29)27(34)30-16-20-4-9-24-25(15-20)38-18-37-24/h4-9,15,19,23H,10-14,16-18H2,1-3H3,(H,30,34). The lowest BCUT2D eigenvalue weighted by molar-refractivity contribution is -0.144. The summed E-state index contributed by atoms with van der Waals surface area (Å²) < 4.78 is 22.3. The molecule has 10 nitrogen and oxygen atoms in total. The fourth-order valence-electron chi connectivity index (χ4n) is 5.38. The van der Waals surface area contributed by atoms with Crippen LogP contribution in [0.5, 0.6) is 17.2 Å². The van der Waals surface area contributed by atoms with Crippen LogP contribution in [0.25, 0.3) is 0 Å². The van der Waals surface area contributed by atoms with Crippen LogP contribution in [0.15, 0.2) is 42.5 Å². The highest BCUT2D eigenvalue weighted by Crippen LogP contribution is 2.39. The van der Waals surface area contributed by atoms with Crippen molar-refractivity contribution < 1.29 is 33.3 Å². The fourth-order valence-corrected chi connectivity index (χ4v) is 5.38. The van der Waals surface area contributed by atoms with Gasteiger partial charge in [-0.05, 0) is 47.9 Å². The van der Waals surface area contributed by atoms with Crippen LogP contribution in [0.3, 0.4) is 0 Å². The highest BCUT2D eigenvalue weighted by molar-refractivity contribution is 5.98. The van der Waals surface area contributed by atoms with Crippen LogP contribution in [-0.4, -0.2) is 72.9 Å². The largest absolute Gasteiger partial charge is 0.497 e. The Bertz CT molecular complexity index is 1220. The number of amides is 3. The fraction of sp³-hybridized carbons (Fsp3) is 0.483. The Balaban J connectivity index is 1.34. The van der Waals surface area contributed by atoms with E-state index in [0.29, 0.717) is 55.2 Å². The van der Waals surface area contributed by atoms with Gasteiger partial charge in [0.25, 0.3) is 5.91 Å². The summed E-state index contributed by atoms with van der Waals surface area (Å²) in [4.78, 5) is 43.5. The van der Waals surface area contributed by atoms with E-state index in [1.165, 1.54) is 0 Å². The first-order valence-corrected chi connectivity index (χ1v) is 13.4. The van der Waals surface area contributed by atoms with E-state index in [2.05, 4.69) is 5.32 Å². The molecule has 0 aliphatic carbocycles. The molecular formula is C29H35N3O7. The molecule has 5 rings (SSSR count). The monoisotopic (exact) mass is 537 g/mol. The molecule has 39 heavy (non-hydrogen) atoms. The van der Waals surface area contributed by atoms with E-state index in [4.69, 9.17) is 18.9 Å². The number of fused-ring (bicyclic) bond motifs is 1. The second-order valence-corrected chi connectivity index (χ2v) is 10.6. The van der Waals surface area contributed by atoms with Gasteiger partial charge < -0.3 is 29.2 Å². The van der Waals surface area contributed by atoms with Crippen molar-refractivity contribution in [3.8, 4) is 17.2 Å². The third kappa shape index (κ3) is 5.52. The summed E-state index contributed by atoms with van der Waals surface area (Å²) in [5.74, 6) is 1.72. The highest BCUT2D eigenvalue weighted by atomic mass is 16.7. The van der Waals surface area contributed by atoms with Gasteiger partial charge in [0.2, 0.25) is 18.6 Å². The third-order valence-electron chi connectivity index (χ3n) is 7.50. The average molecular weight is 538 g/mol. The van der Waals surface area contributed by atoms with Crippen molar-refractivity contribution in [3.63, 3.8) is 0 Å². The number of ether oxygens (including phenoxy) is 4. The molecule has 2 fully saturated rings. The van der Waals surface area contributed by atoms with Crippen molar-refractivity contribution in [1.29, 1.82) is 0 Å². The minimum absolute atomic E-state index is 0.0782. The predicted molar refractivity (Wildman–Crippen MR) is 141 cm³/mol. The molecule has 0 aromatic heterocycles. The molecule has 208 valence electrons. The summed E-state index contributed by atoms with van der Waals surface area (Å²) in [6, 6.07) is 11.5. The molecule has 2 aromatic rings. The van der Waals surface area contributed by atoms with Gasteiger partial charge in [0.1, 0.15) is 17.5 Å². The molecule has 10 heteroatoms. The number of carbonyl (C=O) groups excluding carboxylic acids is 3. The van der Waals surface area contributed by atoms with E-state index in [-0.39, 0.29) is 43.6 Å². The lowest BCUT2D eigenvalue weighted by Crippen LogP contribution is -2.59. The Hall–Kier alpha value is -3.79. The van der Waals surface area contributed by atoms with E-state index >= 15 is 0 Å². The maximum absolute atomic E-state index is 13.9. The molecular weight excluding hydrogens is 502 g/mol. The van der Waals surface area contributed by atoms with Gasteiger partial charge >= 0.3 is 0 Å². The van der Waals surface area contributed by atoms with Gasteiger partial charge in [-0.2, -0.15) is 0 Å². The molecule has 3 amide bonds. The Morgan fingerprint density at radius 1 is 1.05 bits per heavy atom. The molecule has 3 aliphatic rings. The van der Waals surface area contributed by atoms with Gasteiger partial charge in [0, 0.05) is 44.5 Å². The van der Waals surface area contributed by atoms with Crippen molar-refractivity contribution in [2.45, 2.75) is 51.4 Å². The lowest BCUT2D eigenvalue weighted by atomic mass is 9.96. The van der Waals surface area contributed by atoms with Crippen LogP contribution in [0.1, 0.15) is 49.0 Å². The van der Waals surface area contributed by atoms with E-state index in [9.17, 15) is 14.4 Å². The van der Waals surface area contributed by atoms with Crippen LogP contribution < -0.4 is 19.5 Å². The van der Waals surface area contributed by atoms with E-state index in [1.807, 2.05) is 36.9 Å². The second-order valence-electron chi connectivity index (χ2n) is 10.6. The van der Waals surface area contributed by atoms with Gasteiger partial charge in [-0.3, -0.25) is 19.3 Å². The topological polar surface area (TPSA) is 107 Å². The van der Waals surface area contributed by atoms with Gasteiger partial charge in [-0.1, -0.05) is 19.9 Å². The summed E-state index contributed by atoms with van der Waals surface area (Å²) >= 11 is 0. The van der Waals surface area contributed by atoms with Crippen LogP contribution in [0.4, 0.5) is 0 Å². The number of nitrogens with zero attached hydrogens (tertiary/aromatic N) is 2. The zero-order valence-electron chi connectivity index (χ0n) is 22.6. The van der Waals surface area contributed by atoms with Crippen molar-refractivity contribution in [2.75, 3.05) is 33.6 Å². The maximum atomic E-state index is 13.9. The van der Waals surface area contributed by atoms with Crippen LogP contribution in [-0.2, 0) is 20.9 Å². The highest BCUT2D eigenvalue weighted by Gasteiger charge is 2.54. The smallest absolute Gasteiger partial charge is 0.256 e. The number of carbonyl (C=O) groups is 3. The van der Waals surface area contributed by atoms with Crippen molar-refractivity contribution in [2.24, 2.45) is 5.92 Å². The van der Waals surface area contributed by atoms with Gasteiger partial charge in [0.15, 0.2) is 11.5 Å². The molecule has 1 atom stereocenters. The number of benzene rings is 2. The number of piperidine rings is 1. The molecule has 3 aliphatic heterocycles. The van der Waals surface area contributed by atoms with Gasteiger partial charge in [0.05, 0.1) is 13.7 Å². The Kier molecular flexibility index (Phi) is 7.65. The van der Waals surface area contributed by atoms with Crippen molar-refractivity contribution >= 4 is 17.7 Å². The summed E-state index contributed by atoms with van der Waals surface area (Å²) in [6.45, 7) is 5.48. The summed E-state index contributed by atoms with van der Waals surface area (Å²) in [6.07, 6.45) is 1.35. The number of likely N-dealkylation sites (tertiary alicyclic amines) is 1. The minimum Gasteiger partial charge on any atom is -0.497 e. The number of hydrogen-bond donors (Lipinski definition) is 1. The lowest BCUT2D eigenvalue weighted by Gasteiger charge is -2.44. The molecule has 1 spiro atoms. The molecule has 0 saturated carbocycles. The van der Waals surface area contributed by atoms with E-state index in [1.54, 1.807) is 36.3 Å². The number of rotatable bonds is 7. The van der Waals surface area contributed by atoms with Crippen molar-refractivity contribution in [1.82, 2.24) is 15.1 Å². The zero-order chi connectivity index (χ0) is 27.6. The first-order chi connectivity index (χ1) is 18.8. The summed E-state index contributed by atoms with van der Waals surface area (Å²) in [7, 11) is 1.56. The maximum Gasteiger partial charge on any atom is 0.256 e. The van der Waals surface area contributed by atoms with Crippen LogP contribution >= 0.6 is 0 Å². The summed E-state index contributed by atoms with van der Waals surface area (Å²) in [5, 5.41) is 2.96. The van der Waals surface area contributed by atoms with Gasteiger partial charge in [-0.25, -0.2) is 0 Å². The molecule has 2 aromatic carbocycles. The SMILES string of the molecule is COc1ccc(C(=O)N2C(C(=O)NCc3ccc4c(c3)OCO4)COC23CCN(C(=O)CC(C)C)CC3)cc1. The Morgan fingerprint density at radius 3 is 2.46 bits per heavy atom. The molecule has 1 N–H and O–H groups in total. The third-order valence-corrected chi connectivity index (χ3v) is 7.50. The van der Waals surface area contributed by atoms with Crippen LogP contribution in [0, 0.1) is 5.92 Å². The molecule has 1 unspecified atom stereocenters. The molecule has 0 radical (unpaired) electrons. The minimum atomic E-state index is -0.966. The Labute approximate surface area is 228 Å². The molecule has 2 saturated heterocycles. The average Bonchev–Trinajstić information content (AvgIpc) is 3.56. The number of nitrogens with one attached hydrogen (secondary N) is 1. The zero-order valence-corrected chi connectivity index (χ0v) is 22.6. The summed E-state index contributed by atoms with van der Waals surface area (Å²) in [5.41, 5.74) is 0.325. The Morgan fingerprint density at radius 2 is 1.77 bits per heavy atom. The molecule has 3 heterocycles. The number of hydrogen-bond acceptors (Lipinski definition) is 7. The normalized spacial score (nSPS) is 19.4. The van der Waals surface area contributed by atoms with Crippen LogP contribution in [0.2, 0.25) is 0 Å². The predicted octanol–water partition coefficient (Wildman–Crippen LogP) is 2.95. The van der Waals surface area contributed by atoms with E-state index < -0.39 is 11.8 Å². The molecule has 0 bridgehead atoms. The second kappa shape index (κ2) is 11.1. The first-order valence-electron chi connectivity index (χ1n) is 13.4.